The largest absolute Gasteiger partial charge is 0.487 e. The number of halogens is 1. The summed E-state index contributed by atoms with van der Waals surface area (Å²) in [6.07, 6.45) is 1.41. The lowest BCUT2D eigenvalue weighted by atomic mass is 10.1. The number of urea groups is 1. The van der Waals surface area contributed by atoms with Gasteiger partial charge < -0.3 is 4.74 Å². The Bertz CT molecular complexity index is 1330. The van der Waals surface area contributed by atoms with Gasteiger partial charge >= 0.3 is 6.03 Å². The molecule has 1 heterocycles. The molecule has 172 valence electrons. The third-order valence-corrected chi connectivity index (χ3v) is 5.70. The van der Waals surface area contributed by atoms with Crippen molar-refractivity contribution < 1.29 is 19.1 Å². The summed E-state index contributed by atoms with van der Waals surface area (Å²) >= 11 is 6.41. The molecule has 0 spiro atoms. The van der Waals surface area contributed by atoms with Crippen LogP contribution in [0.4, 0.5) is 10.5 Å². The first-order valence-corrected chi connectivity index (χ1v) is 11.1. The van der Waals surface area contributed by atoms with E-state index in [2.05, 4.69) is 23.5 Å². The van der Waals surface area contributed by atoms with Crippen molar-refractivity contribution in [1.29, 1.82) is 0 Å². The van der Waals surface area contributed by atoms with Crippen molar-refractivity contribution in [2.75, 3.05) is 4.90 Å². The Labute approximate surface area is 202 Å². The molecule has 0 atom stereocenters. The van der Waals surface area contributed by atoms with E-state index in [9.17, 15) is 14.4 Å². The molecule has 34 heavy (non-hydrogen) atoms. The molecule has 6 nitrogen and oxygen atoms in total. The molecule has 4 rings (SSSR count). The Balaban J connectivity index is 1.57. The fourth-order valence-electron chi connectivity index (χ4n) is 3.89. The van der Waals surface area contributed by atoms with Crippen LogP contribution in [0.5, 0.6) is 5.75 Å². The van der Waals surface area contributed by atoms with E-state index in [1.165, 1.54) is 6.08 Å². The van der Waals surface area contributed by atoms with E-state index < -0.39 is 17.8 Å². The molecule has 3 aromatic rings. The highest BCUT2D eigenvalue weighted by Crippen LogP contribution is 2.29. The molecule has 1 saturated heterocycles. The van der Waals surface area contributed by atoms with Crippen LogP contribution in [-0.2, 0) is 16.2 Å². The topological polar surface area (TPSA) is 75.7 Å². The maximum absolute atomic E-state index is 13.1. The first-order valence-electron chi connectivity index (χ1n) is 10.7. The number of aryl methyl sites for hydroxylation is 3. The summed E-state index contributed by atoms with van der Waals surface area (Å²) in [6.45, 7) is 6.20. The second-order valence-corrected chi connectivity index (χ2v) is 8.63. The van der Waals surface area contributed by atoms with Gasteiger partial charge in [-0.1, -0.05) is 65.2 Å². The van der Waals surface area contributed by atoms with Gasteiger partial charge in [0.1, 0.15) is 17.9 Å². The molecule has 1 aliphatic rings. The van der Waals surface area contributed by atoms with Crippen LogP contribution >= 0.6 is 11.6 Å². The fourth-order valence-corrected chi connectivity index (χ4v) is 4.14. The van der Waals surface area contributed by atoms with Crippen LogP contribution in [0.2, 0.25) is 5.02 Å². The molecule has 0 aliphatic carbocycles. The molecule has 0 unspecified atom stereocenters. The Kier molecular flexibility index (Phi) is 6.52. The van der Waals surface area contributed by atoms with Crippen molar-refractivity contribution in [3.05, 3.63) is 99.1 Å². The standard InChI is InChI=1S/C27H23ClN2O4/c1-16-10-17(2)12-20(11-16)15-34-24-9-8-19(14-22(24)28)13-21-25(31)29-27(33)30(26(21)32)23-7-5-4-6-18(23)3/h4-14H,15H2,1-3H3,(H,29,31,33)/b21-13+. The number of nitrogens with zero attached hydrogens (tertiary/aromatic N) is 1. The quantitative estimate of drug-likeness (QED) is 0.390. The zero-order valence-electron chi connectivity index (χ0n) is 19.0. The summed E-state index contributed by atoms with van der Waals surface area (Å²) in [5.41, 5.74) is 4.85. The van der Waals surface area contributed by atoms with Crippen molar-refractivity contribution in [1.82, 2.24) is 5.32 Å². The molecular formula is C27H23ClN2O4. The van der Waals surface area contributed by atoms with Gasteiger partial charge in [0.05, 0.1) is 10.7 Å². The summed E-state index contributed by atoms with van der Waals surface area (Å²) < 4.78 is 5.87. The van der Waals surface area contributed by atoms with Crippen LogP contribution < -0.4 is 15.0 Å². The number of rotatable bonds is 5. The number of ether oxygens (including phenoxy) is 1. The molecule has 0 aromatic heterocycles. The molecule has 0 bridgehead atoms. The number of carbonyl (C=O) groups excluding carboxylic acids is 3. The van der Waals surface area contributed by atoms with E-state index in [-0.39, 0.29) is 5.57 Å². The van der Waals surface area contributed by atoms with E-state index >= 15 is 0 Å². The second kappa shape index (κ2) is 9.53. The van der Waals surface area contributed by atoms with Crippen LogP contribution in [0.3, 0.4) is 0 Å². The number of benzene rings is 3. The maximum atomic E-state index is 13.1. The number of barbiturate groups is 1. The smallest absolute Gasteiger partial charge is 0.335 e. The average Bonchev–Trinajstić information content (AvgIpc) is 2.76. The Morgan fingerprint density at radius 2 is 1.65 bits per heavy atom. The molecule has 4 amide bonds. The van der Waals surface area contributed by atoms with Gasteiger partial charge in [-0.2, -0.15) is 0 Å². The zero-order valence-corrected chi connectivity index (χ0v) is 19.8. The summed E-state index contributed by atoms with van der Waals surface area (Å²) in [5.74, 6) is -0.973. The molecule has 3 aromatic carbocycles. The number of hydrogen-bond acceptors (Lipinski definition) is 4. The Morgan fingerprint density at radius 1 is 0.941 bits per heavy atom. The van der Waals surface area contributed by atoms with Crippen molar-refractivity contribution in [3.8, 4) is 5.75 Å². The molecule has 1 fully saturated rings. The molecule has 7 heteroatoms. The minimum absolute atomic E-state index is 0.164. The highest BCUT2D eigenvalue weighted by molar-refractivity contribution is 6.39. The summed E-state index contributed by atoms with van der Waals surface area (Å²) in [4.78, 5) is 38.9. The lowest BCUT2D eigenvalue weighted by Crippen LogP contribution is -2.54. The van der Waals surface area contributed by atoms with Crippen molar-refractivity contribution in [2.24, 2.45) is 0 Å². The lowest BCUT2D eigenvalue weighted by Gasteiger charge is -2.27. The van der Waals surface area contributed by atoms with Crippen LogP contribution in [0.25, 0.3) is 6.08 Å². The average molecular weight is 475 g/mol. The first-order chi connectivity index (χ1) is 16.2. The third kappa shape index (κ3) is 4.87. The number of carbonyl (C=O) groups is 3. The van der Waals surface area contributed by atoms with Gasteiger partial charge in [0.2, 0.25) is 0 Å². The van der Waals surface area contributed by atoms with Gasteiger partial charge in [0, 0.05) is 0 Å². The van der Waals surface area contributed by atoms with Gasteiger partial charge in [-0.3, -0.25) is 14.9 Å². The van der Waals surface area contributed by atoms with Crippen LogP contribution in [0.15, 0.2) is 66.2 Å². The van der Waals surface area contributed by atoms with Crippen LogP contribution in [0, 0.1) is 20.8 Å². The highest BCUT2D eigenvalue weighted by atomic mass is 35.5. The molecular weight excluding hydrogens is 452 g/mol. The molecule has 1 N–H and O–H groups in total. The SMILES string of the molecule is Cc1cc(C)cc(COc2ccc(/C=C3\C(=O)NC(=O)N(c4ccccc4C)C3=O)cc2Cl)c1. The lowest BCUT2D eigenvalue weighted by molar-refractivity contribution is -0.122. The normalized spacial score (nSPS) is 15.0. The molecule has 0 saturated carbocycles. The predicted molar refractivity (Wildman–Crippen MR) is 132 cm³/mol. The van der Waals surface area contributed by atoms with Gasteiger partial charge in [-0.05, 0) is 61.7 Å². The first kappa shape index (κ1) is 23.3. The van der Waals surface area contributed by atoms with E-state index in [4.69, 9.17) is 16.3 Å². The van der Waals surface area contributed by atoms with Gasteiger partial charge in [0.25, 0.3) is 11.8 Å². The predicted octanol–water partition coefficient (Wildman–Crippen LogP) is 5.51. The zero-order chi connectivity index (χ0) is 24.4. The minimum Gasteiger partial charge on any atom is -0.487 e. The number of amides is 4. The maximum Gasteiger partial charge on any atom is 0.335 e. The number of anilines is 1. The Morgan fingerprint density at radius 3 is 2.32 bits per heavy atom. The van der Waals surface area contributed by atoms with Gasteiger partial charge in [0.15, 0.2) is 0 Å². The second-order valence-electron chi connectivity index (χ2n) is 8.22. The summed E-state index contributed by atoms with van der Waals surface area (Å²) in [7, 11) is 0. The van der Waals surface area contributed by atoms with Crippen molar-refractivity contribution in [3.63, 3.8) is 0 Å². The highest BCUT2D eigenvalue weighted by Gasteiger charge is 2.37. The van der Waals surface area contributed by atoms with Crippen molar-refractivity contribution in [2.45, 2.75) is 27.4 Å². The Hall–Kier alpha value is -3.90. The minimum atomic E-state index is -0.783. The number of hydrogen-bond donors (Lipinski definition) is 1. The van der Waals surface area contributed by atoms with Crippen LogP contribution in [0.1, 0.15) is 27.8 Å². The van der Waals surface area contributed by atoms with Gasteiger partial charge in [-0.15, -0.1) is 0 Å². The monoisotopic (exact) mass is 474 g/mol. The van der Waals surface area contributed by atoms with E-state index in [0.29, 0.717) is 28.6 Å². The number of para-hydroxylation sites is 1. The summed E-state index contributed by atoms with van der Waals surface area (Å²) in [5, 5.41) is 2.57. The van der Waals surface area contributed by atoms with E-state index in [0.717, 1.165) is 27.2 Å². The third-order valence-electron chi connectivity index (χ3n) is 5.40. The van der Waals surface area contributed by atoms with Crippen molar-refractivity contribution >= 4 is 41.2 Å². The van der Waals surface area contributed by atoms with E-state index in [1.54, 1.807) is 49.4 Å². The molecule has 0 radical (unpaired) electrons. The van der Waals surface area contributed by atoms with Gasteiger partial charge in [-0.25, -0.2) is 9.69 Å². The fraction of sp³-hybridized carbons (Fsp3) is 0.148. The summed E-state index contributed by atoms with van der Waals surface area (Å²) in [6, 6.07) is 17.4. The number of imide groups is 2. The van der Waals surface area contributed by atoms with Crippen LogP contribution in [-0.4, -0.2) is 17.8 Å². The molecule has 1 aliphatic heterocycles. The number of nitrogens with one attached hydrogen (secondary N) is 1. The van der Waals surface area contributed by atoms with E-state index in [1.807, 2.05) is 13.8 Å².